The van der Waals surface area contributed by atoms with Gasteiger partial charge in [-0.25, -0.2) is 10.0 Å². The molecule has 8 heteroatoms. The van der Waals surface area contributed by atoms with Crippen LogP contribution in [0.3, 0.4) is 0 Å². The molecule has 32 heavy (non-hydrogen) atoms. The molecule has 0 spiro atoms. The van der Waals surface area contributed by atoms with Gasteiger partial charge < -0.3 is 10.7 Å². The van der Waals surface area contributed by atoms with Gasteiger partial charge in [0.05, 0.1) is 22.6 Å². The van der Waals surface area contributed by atoms with E-state index in [1.807, 2.05) is 12.1 Å². The number of nitrogens with zero attached hydrogens (tertiary/aromatic N) is 3. The monoisotopic (exact) mass is 441 g/mol. The molecule has 2 aromatic carbocycles. The summed E-state index contributed by atoms with van der Waals surface area (Å²) >= 11 is 0. The Labute approximate surface area is 186 Å². The number of amidine groups is 1. The standard InChI is InChI=1S/C24H26F3N5/c1-5-8-20-16(3)15-32(4)31-23(20)30-19-11-12-21(22(14-19)28-6-2)29-18-10-7-9-17(13-18)24(25,26)27/h6-14,29H,3,5,15H2,1-2,4H3,(H,30,31)/b20-8+,28-6?. The molecule has 3 rings (SSSR count). The zero-order valence-corrected chi connectivity index (χ0v) is 18.3. The van der Waals surface area contributed by atoms with E-state index in [2.05, 4.69) is 35.3 Å². The number of rotatable bonds is 5. The lowest BCUT2D eigenvalue weighted by Gasteiger charge is -2.29. The summed E-state index contributed by atoms with van der Waals surface area (Å²) in [6, 6.07) is 10.4. The molecule has 2 aromatic rings. The molecular weight excluding hydrogens is 415 g/mol. The number of nitrogens with one attached hydrogen (secondary N) is 2. The second-order valence-corrected chi connectivity index (χ2v) is 7.35. The molecule has 1 aliphatic heterocycles. The smallest absolute Gasteiger partial charge is 0.354 e. The Kier molecular flexibility index (Phi) is 7.15. The van der Waals surface area contributed by atoms with Crippen LogP contribution in [0.5, 0.6) is 0 Å². The van der Waals surface area contributed by atoms with Crippen LogP contribution in [0.15, 0.2) is 76.3 Å². The van der Waals surface area contributed by atoms with Crippen molar-refractivity contribution < 1.29 is 13.2 Å². The van der Waals surface area contributed by atoms with Crippen LogP contribution < -0.4 is 10.7 Å². The second kappa shape index (κ2) is 9.82. The third-order valence-corrected chi connectivity index (χ3v) is 4.73. The van der Waals surface area contributed by atoms with Gasteiger partial charge in [-0.15, -0.1) is 0 Å². The summed E-state index contributed by atoms with van der Waals surface area (Å²) in [5.74, 6) is 0.690. The third-order valence-electron chi connectivity index (χ3n) is 4.73. The van der Waals surface area contributed by atoms with Crippen LogP contribution in [0, 0.1) is 0 Å². The maximum absolute atomic E-state index is 13.0. The Morgan fingerprint density at radius 2 is 2.00 bits per heavy atom. The minimum absolute atomic E-state index is 0.325. The number of aliphatic imine (C=N–C) groups is 2. The number of hydrogen-bond acceptors (Lipinski definition) is 4. The molecule has 0 saturated carbocycles. The highest BCUT2D eigenvalue weighted by molar-refractivity contribution is 6.04. The van der Waals surface area contributed by atoms with Crippen LogP contribution in [-0.2, 0) is 6.18 Å². The lowest BCUT2D eigenvalue weighted by atomic mass is 10.0. The minimum atomic E-state index is -4.41. The highest BCUT2D eigenvalue weighted by Crippen LogP contribution is 2.35. The third kappa shape index (κ3) is 5.64. The van der Waals surface area contributed by atoms with Gasteiger partial charge in [-0.05, 0) is 55.3 Å². The number of hydrazine groups is 1. The van der Waals surface area contributed by atoms with E-state index in [0.717, 1.165) is 29.7 Å². The van der Waals surface area contributed by atoms with E-state index in [9.17, 15) is 13.2 Å². The average molecular weight is 442 g/mol. The molecule has 1 saturated heterocycles. The normalized spacial score (nSPS) is 17.9. The molecule has 2 N–H and O–H groups in total. The van der Waals surface area contributed by atoms with Crippen molar-refractivity contribution in [1.29, 1.82) is 0 Å². The number of alkyl halides is 3. The van der Waals surface area contributed by atoms with Crippen molar-refractivity contribution in [3.63, 3.8) is 0 Å². The van der Waals surface area contributed by atoms with E-state index >= 15 is 0 Å². The van der Waals surface area contributed by atoms with Gasteiger partial charge in [-0.3, -0.25) is 4.99 Å². The lowest BCUT2D eigenvalue weighted by molar-refractivity contribution is -0.137. The van der Waals surface area contributed by atoms with Crippen LogP contribution in [0.1, 0.15) is 25.8 Å². The average Bonchev–Trinajstić information content (AvgIpc) is 2.72. The fourth-order valence-electron chi connectivity index (χ4n) is 3.35. The summed E-state index contributed by atoms with van der Waals surface area (Å²) in [6.07, 6.45) is 0.149. The summed E-state index contributed by atoms with van der Waals surface area (Å²) in [4.78, 5) is 9.11. The summed E-state index contributed by atoms with van der Waals surface area (Å²) in [5, 5.41) is 4.94. The number of anilines is 2. The van der Waals surface area contributed by atoms with E-state index in [4.69, 9.17) is 4.99 Å². The van der Waals surface area contributed by atoms with Gasteiger partial charge >= 0.3 is 6.18 Å². The second-order valence-electron chi connectivity index (χ2n) is 7.35. The molecule has 0 aromatic heterocycles. The van der Waals surface area contributed by atoms with E-state index in [1.165, 1.54) is 6.07 Å². The Morgan fingerprint density at radius 3 is 2.69 bits per heavy atom. The SMILES string of the molecule is C=C1CN(C)NC(=Nc2ccc(Nc3cccc(C(F)(F)F)c3)c(N=CC)c2)/C1=C/CC. The molecule has 1 heterocycles. The summed E-state index contributed by atoms with van der Waals surface area (Å²) in [6.45, 7) is 8.66. The van der Waals surface area contributed by atoms with Crippen molar-refractivity contribution in [3.8, 4) is 0 Å². The van der Waals surface area contributed by atoms with Gasteiger partial charge in [0, 0.05) is 31.1 Å². The fourth-order valence-corrected chi connectivity index (χ4v) is 3.35. The number of hydrogen-bond donors (Lipinski definition) is 2. The van der Waals surface area contributed by atoms with Crippen molar-refractivity contribution in [2.45, 2.75) is 26.4 Å². The predicted octanol–water partition coefficient (Wildman–Crippen LogP) is 6.54. The zero-order valence-electron chi connectivity index (χ0n) is 18.3. The van der Waals surface area contributed by atoms with Crippen molar-refractivity contribution in [2.24, 2.45) is 9.98 Å². The van der Waals surface area contributed by atoms with Gasteiger partial charge in [-0.2, -0.15) is 13.2 Å². The first kappa shape index (κ1) is 23.3. The Bertz CT molecular complexity index is 1080. The summed E-state index contributed by atoms with van der Waals surface area (Å²) in [7, 11) is 1.91. The molecular formula is C24H26F3N5. The van der Waals surface area contributed by atoms with Gasteiger partial charge in [0.15, 0.2) is 0 Å². The Balaban J connectivity index is 1.95. The van der Waals surface area contributed by atoms with Crippen LogP contribution in [0.2, 0.25) is 0 Å². The maximum atomic E-state index is 13.0. The lowest BCUT2D eigenvalue weighted by Crippen LogP contribution is -2.46. The first-order valence-corrected chi connectivity index (χ1v) is 10.2. The largest absolute Gasteiger partial charge is 0.416 e. The Hall–Kier alpha value is -3.39. The molecule has 0 unspecified atom stereocenters. The predicted molar refractivity (Wildman–Crippen MR) is 125 cm³/mol. The van der Waals surface area contributed by atoms with E-state index in [-0.39, 0.29) is 0 Å². The van der Waals surface area contributed by atoms with Gasteiger partial charge in [0.2, 0.25) is 0 Å². The van der Waals surface area contributed by atoms with Crippen molar-refractivity contribution in [1.82, 2.24) is 10.4 Å². The number of halogens is 3. The number of benzene rings is 2. The van der Waals surface area contributed by atoms with Crippen LogP contribution in [-0.4, -0.2) is 30.7 Å². The van der Waals surface area contributed by atoms with Crippen molar-refractivity contribution in [2.75, 3.05) is 18.9 Å². The maximum Gasteiger partial charge on any atom is 0.416 e. The quantitative estimate of drug-likeness (QED) is 0.518. The topological polar surface area (TPSA) is 52.0 Å². The summed E-state index contributed by atoms with van der Waals surface area (Å²) in [5.41, 5.74) is 6.61. The van der Waals surface area contributed by atoms with E-state index in [1.54, 1.807) is 37.4 Å². The van der Waals surface area contributed by atoms with Gasteiger partial charge in [0.25, 0.3) is 0 Å². The highest BCUT2D eigenvalue weighted by Gasteiger charge is 2.30. The number of allylic oxidation sites excluding steroid dienone is 1. The first-order chi connectivity index (χ1) is 15.2. The van der Waals surface area contributed by atoms with Crippen LogP contribution >= 0.6 is 0 Å². The van der Waals surface area contributed by atoms with Crippen molar-refractivity contribution >= 4 is 34.8 Å². The molecule has 0 amide bonds. The van der Waals surface area contributed by atoms with E-state index in [0.29, 0.717) is 35.1 Å². The van der Waals surface area contributed by atoms with Gasteiger partial charge in [0.1, 0.15) is 5.84 Å². The first-order valence-electron chi connectivity index (χ1n) is 10.2. The molecule has 168 valence electrons. The Morgan fingerprint density at radius 1 is 1.22 bits per heavy atom. The highest BCUT2D eigenvalue weighted by atomic mass is 19.4. The van der Waals surface area contributed by atoms with Crippen LogP contribution in [0.25, 0.3) is 0 Å². The molecule has 1 aliphatic rings. The fraction of sp³-hybridized carbons (Fsp3) is 0.250. The van der Waals surface area contributed by atoms with Crippen LogP contribution in [0.4, 0.5) is 35.9 Å². The minimum Gasteiger partial charge on any atom is -0.354 e. The number of likely N-dealkylation sites (N-methyl/N-ethyl adjacent to an activating group) is 1. The molecule has 0 bridgehead atoms. The zero-order chi connectivity index (χ0) is 23.3. The molecule has 1 fully saturated rings. The molecule has 0 atom stereocenters. The van der Waals surface area contributed by atoms with Gasteiger partial charge in [-0.1, -0.05) is 25.6 Å². The summed E-state index contributed by atoms with van der Waals surface area (Å²) < 4.78 is 39.1. The molecule has 0 radical (unpaired) electrons. The molecule has 5 nitrogen and oxygen atoms in total. The van der Waals surface area contributed by atoms with Crippen molar-refractivity contribution in [3.05, 3.63) is 71.8 Å². The van der Waals surface area contributed by atoms with E-state index < -0.39 is 11.7 Å². The molecule has 0 aliphatic carbocycles.